The number of rotatable bonds is 8. The monoisotopic (exact) mass is 515 g/mol. The number of esters is 1. The van der Waals surface area contributed by atoms with E-state index in [1.807, 2.05) is 42.7 Å². The zero-order valence-electron chi connectivity index (χ0n) is 20.9. The van der Waals surface area contributed by atoms with Crippen LogP contribution in [0.25, 0.3) is 5.69 Å². The summed E-state index contributed by atoms with van der Waals surface area (Å²) in [6.07, 6.45) is -1.60. The number of hydrogen-bond donors (Lipinski definition) is 1. The van der Waals surface area contributed by atoms with E-state index in [4.69, 9.17) is 30.5 Å². The lowest BCUT2D eigenvalue weighted by Crippen LogP contribution is -2.27. The molecule has 0 saturated heterocycles. The SMILES string of the molecule is CCOC(=O)CC1OC(c2cccc(OC)c2OC)c2cc(Cl)ccc2-n2c1nnc2C(C)(C)CO. The molecular formula is C26H30ClN3O6. The molecule has 0 saturated carbocycles. The van der Waals surface area contributed by atoms with Gasteiger partial charge in [0, 0.05) is 21.6 Å². The van der Waals surface area contributed by atoms with E-state index in [2.05, 4.69) is 10.2 Å². The van der Waals surface area contributed by atoms with Gasteiger partial charge >= 0.3 is 5.97 Å². The van der Waals surface area contributed by atoms with Crippen LogP contribution >= 0.6 is 11.6 Å². The first-order valence-electron chi connectivity index (χ1n) is 11.6. The second-order valence-corrected chi connectivity index (χ2v) is 9.50. The van der Waals surface area contributed by atoms with Crippen molar-refractivity contribution in [3.8, 4) is 17.2 Å². The Morgan fingerprint density at radius 3 is 2.61 bits per heavy atom. The van der Waals surface area contributed by atoms with E-state index in [1.165, 1.54) is 0 Å². The molecule has 36 heavy (non-hydrogen) atoms. The van der Waals surface area contributed by atoms with Crippen LogP contribution in [-0.4, -0.2) is 53.3 Å². The molecule has 0 bridgehead atoms. The predicted molar refractivity (Wildman–Crippen MR) is 133 cm³/mol. The summed E-state index contributed by atoms with van der Waals surface area (Å²) in [6.45, 7) is 5.57. The van der Waals surface area contributed by atoms with Crippen LogP contribution in [0.2, 0.25) is 5.02 Å². The third kappa shape index (κ3) is 4.66. The minimum absolute atomic E-state index is 0.0873. The molecule has 0 radical (unpaired) electrons. The van der Waals surface area contributed by atoms with E-state index in [-0.39, 0.29) is 19.6 Å². The van der Waals surface area contributed by atoms with Crippen molar-refractivity contribution in [1.82, 2.24) is 14.8 Å². The minimum atomic E-state index is -0.813. The van der Waals surface area contributed by atoms with Gasteiger partial charge in [-0.25, -0.2) is 0 Å². The van der Waals surface area contributed by atoms with Gasteiger partial charge in [-0.3, -0.25) is 9.36 Å². The van der Waals surface area contributed by atoms with Crippen molar-refractivity contribution in [2.45, 2.75) is 44.8 Å². The number of benzene rings is 2. The number of aromatic nitrogens is 3. The van der Waals surface area contributed by atoms with E-state index in [0.29, 0.717) is 33.7 Å². The van der Waals surface area contributed by atoms with Gasteiger partial charge in [0.2, 0.25) is 0 Å². The van der Waals surface area contributed by atoms with Gasteiger partial charge in [0.15, 0.2) is 17.3 Å². The number of carbonyl (C=O) groups excluding carboxylic acids is 1. The van der Waals surface area contributed by atoms with Crippen LogP contribution in [0.3, 0.4) is 0 Å². The molecule has 3 aromatic rings. The van der Waals surface area contributed by atoms with Crippen LogP contribution in [0.15, 0.2) is 36.4 Å². The van der Waals surface area contributed by atoms with E-state index in [0.717, 1.165) is 11.3 Å². The molecule has 0 aliphatic carbocycles. The number of hydrogen-bond acceptors (Lipinski definition) is 8. The fourth-order valence-electron chi connectivity index (χ4n) is 4.36. The molecule has 1 aliphatic rings. The second kappa shape index (κ2) is 10.5. The molecule has 0 fully saturated rings. The molecule has 2 heterocycles. The fourth-order valence-corrected chi connectivity index (χ4v) is 4.54. The normalized spacial score (nSPS) is 17.1. The first-order valence-corrected chi connectivity index (χ1v) is 12.0. The van der Waals surface area contributed by atoms with Crippen LogP contribution in [0, 0.1) is 0 Å². The first-order chi connectivity index (χ1) is 17.2. The topological polar surface area (TPSA) is 105 Å². The van der Waals surface area contributed by atoms with Gasteiger partial charge in [-0.1, -0.05) is 37.6 Å². The largest absolute Gasteiger partial charge is 0.493 e. The van der Waals surface area contributed by atoms with E-state index in [9.17, 15) is 9.90 Å². The van der Waals surface area contributed by atoms with Crippen LogP contribution < -0.4 is 9.47 Å². The lowest BCUT2D eigenvalue weighted by molar-refractivity contribution is -0.147. The van der Waals surface area contributed by atoms with E-state index in [1.54, 1.807) is 33.3 Å². The number of aliphatic hydroxyl groups excluding tert-OH is 1. The number of aliphatic hydroxyl groups is 1. The van der Waals surface area contributed by atoms with Gasteiger partial charge in [0.25, 0.3) is 0 Å². The van der Waals surface area contributed by atoms with Gasteiger partial charge in [0.05, 0.1) is 39.5 Å². The highest BCUT2D eigenvalue weighted by molar-refractivity contribution is 6.30. The maximum Gasteiger partial charge on any atom is 0.308 e. The molecule has 4 rings (SSSR count). The summed E-state index contributed by atoms with van der Waals surface area (Å²) in [5.41, 5.74) is 1.40. The summed E-state index contributed by atoms with van der Waals surface area (Å²) < 4.78 is 25.0. The molecule has 0 amide bonds. The van der Waals surface area contributed by atoms with Crippen LogP contribution in [0.4, 0.5) is 0 Å². The Morgan fingerprint density at radius 2 is 1.94 bits per heavy atom. The molecule has 9 nitrogen and oxygen atoms in total. The third-order valence-electron chi connectivity index (χ3n) is 6.16. The Kier molecular flexibility index (Phi) is 7.54. The van der Waals surface area contributed by atoms with Crippen molar-refractivity contribution < 1.29 is 28.8 Å². The predicted octanol–water partition coefficient (Wildman–Crippen LogP) is 4.32. The van der Waals surface area contributed by atoms with Crippen molar-refractivity contribution in [2.24, 2.45) is 0 Å². The molecule has 1 aromatic heterocycles. The molecule has 0 spiro atoms. The van der Waals surface area contributed by atoms with Crippen LogP contribution in [-0.2, 0) is 19.7 Å². The number of carbonyl (C=O) groups is 1. The summed E-state index contributed by atoms with van der Waals surface area (Å²) in [5, 5.41) is 19.5. The number of halogens is 1. The van der Waals surface area contributed by atoms with Crippen LogP contribution in [0.5, 0.6) is 11.5 Å². The molecule has 1 N–H and O–H groups in total. The van der Waals surface area contributed by atoms with Crippen molar-refractivity contribution in [2.75, 3.05) is 27.4 Å². The lowest BCUT2D eigenvalue weighted by atomic mass is 9.93. The lowest BCUT2D eigenvalue weighted by Gasteiger charge is -2.25. The Labute approximate surface area is 214 Å². The van der Waals surface area contributed by atoms with Gasteiger partial charge in [-0.2, -0.15) is 0 Å². The van der Waals surface area contributed by atoms with Gasteiger partial charge in [0.1, 0.15) is 18.0 Å². The molecule has 2 aromatic carbocycles. The fraction of sp³-hybridized carbons (Fsp3) is 0.423. The molecule has 2 unspecified atom stereocenters. The Morgan fingerprint density at radius 1 is 1.17 bits per heavy atom. The number of methoxy groups -OCH3 is 2. The second-order valence-electron chi connectivity index (χ2n) is 9.06. The van der Waals surface area contributed by atoms with Crippen molar-refractivity contribution >= 4 is 17.6 Å². The van der Waals surface area contributed by atoms with Crippen molar-refractivity contribution in [3.63, 3.8) is 0 Å². The summed E-state index contributed by atoms with van der Waals surface area (Å²) in [6, 6.07) is 11.0. The maximum atomic E-state index is 12.6. The molecular weight excluding hydrogens is 486 g/mol. The first kappa shape index (κ1) is 25.9. The highest BCUT2D eigenvalue weighted by atomic mass is 35.5. The van der Waals surface area contributed by atoms with Gasteiger partial charge < -0.3 is 24.1 Å². The zero-order chi connectivity index (χ0) is 26.0. The van der Waals surface area contributed by atoms with E-state index >= 15 is 0 Å². The minimum Gasteiger partial charge on any atom is -0.493 e. The summed E-state index contributed by atoms with van der Waals surface area (Å²) >= 11 is 6.47. The molecule has 192 valence electrons. The maximum absolute atomic E-state index is 12.6. The number of nitrogens with zero attached hydrogens (tertiary/aromatic N) is 3. The van der Waals surface area contributed by atoms with Gasteiger partial charge in [-0.15, -0.1) is 10.2 Å². The van der Waals surface area contributed by atoms with Gasteiger partial charge in [-0.05, 0) is 31.2 Å². The van der Waals surface area contributed by atoms with Crippen molar-refractivity contribution in [3.05, 3.63) is 64.2 Å². The average Bonchev–Trinajstić information content (AvgIpc) is 3.27. The molecule has 1 aliphatic heterocycles. The Balaban J connectivity index is 2.01. The number of para-hydroxylation sites is 1. The standard InChI is InChI=1S/C26H30ClN3O6/c1-6-35-21(32)13-20-24-28-29-25(26(2,3)14-31)30(24)18-11-10-15(27)12-17(18)22(36-20)16-8-7-9-19(33-4)23(16)34-5/h7-12,20,22,31H,6,13-14H2,1-5H3. The van der Waals surface area contributed by atoms with E-state index < -0.39 is 23.6 Å². The Hall–Kier alpha value is -3.14. The highest BCUT2D eigenvalue weighted by Crippen LogP contribution is 2.47. The third-order valence-corrected chi connectivity index (χ3v) is 6.40. The number of ether oxygens (including phenoxy) is 4. The Bertz CT molecular complexity index is 1260. The number of fused-ring (bicyclic) bond motifs is 3. The molecule has 2 atom stereocenters. The highest BCUT2D eigenvalue weighted by Gasteiger charge is 2.39. The molecule has 10 heteroatoms. The average molecular weight is 516 g/mol. The van der Waals surface area contributed by atoms with Crippen molar-refractivity contribution in [1.29, 1.82) is 0 Å². The van der Waals surface area contributed by atoms with Crippen LogP contribution in [0.1, 0.15) is 62.2 Å². The summed E-state index contributed by atoms with van der Waals surface area (Å²) in [5.74, 6) is 1.56. The summed E-state index contributed by atoms with van der Waals surface area (Å²) in [4.78, 5) is 12.6. The smallest absolute Gasteiger partial charge is 0.308 e. The quantitative estimate of drug-likeness (QED) is 0.442. The zero-order valence-corrected chi connectivity index (χ0v) is 21.7. The summed E-state index contributed by atoms with van der Waals surface area (Å²) in [7, 11) is 3.12.